The summed E-state index contributed by atoms with van der Waals surface area (Å²) < 4.78 is 68.7. The quantitative estimate of drug-likeness (QED) is 0.0222. The molecule has 2 unspecified atom stereocenters. The van der Waals surface area contributed by atoms with Crippen LogP contribution in [-0.2, 0) is 65.4 Å². The van der Waals surface area contributed by atoms with Crippen LogP contribution in [0.2, 0.25) is 0 Å². The van der Waals surface area contributed by atoms with E-state index in [0.717, 1.165) is 96.3 Å². The van der Waals surface area contributed by atoms with Gasteiger partial charge in [0.15, 0.2) is 12.2 Å². The van der Waals surface area contributed by atoms with Crippen molar-refractivity contribution in [2.24, 2.45) is 5.92 Å². The highest BCUT2D eigenvalue weighted by Crippen LogP contribution is 2.45. The highest BCUT2D eigenvalue weighted by Gasteiger charge is 2.30. The van der Waals surface area contributed by atoms with E-state index in [1.54, 1.807) is 0 Å². The molecule has 0 aliphatic heterocycles. The lowest BCUT2D eigenvalue weighted by Crippen LogP contribution is -2.30. The van der Waals surface area contributed by atoms with Crippen molar-refractivity contribution < 1.29 is 80.2 Å². The van der Waals surface area contributed by atoms with E-state index >= 15 is 0 Å². The second-order valence-electron chi connectivity index (χ2n) is 29.6. The number of aliphatic hydroxyl groups is 1. The van der Waals surface area contributed by atoms with Gasteiger partial charge >= 0.3 is 39.5 Å². The van der Waals surface area contributed by atoms with Gasteiger partial charge < -0.3 is 33.8 Å². The maximum atomic E-state index is 13.1. The molecule has 594 valence electrons. The molecule has 0 radical (unpaired) electrons. The number of carbonyl (C=O) groups is 4. The minimum Gasteiger partial charge on any atom is -0.462 e. The highest BCUT2D eigenvalue weighted by atomic mass is 31.2. The lowest BCUT2D eigenvalue weighted by atomic mass is 10.0. The fourth-order valence-corrected chi connectivity index (χ4v) is 14.2. The smallest absolute Gasteiger partial charge is 0.462 e. The van der Waals surface area contributed by atoms with Crippen molar-refractivity contribution in [3.05, 3.63) is 0 Å². The fourth-order valence-electron chi connectivity index (χ4n) is 12.6. The Bertz CT molecular complexity index is 1910. The van der Waals surface area contributed by atoms with E-state index in [0.29, 0.717) is 31.6 Å². The zero-order valence-electron chi connectivity index (χ0n) is 65.3. The van der Waals surface area contributed by atoms with E-state index < -0.39 is 97.5 Å². The highest BCUT2D eigenvalue weighted by molar-refractivity contribution is 7.47. The molecular weight excluding hydrogens is 1310 g/mol. The standard InChI is InChI=1S/C81H158O17P2/c1-6-9-12-15-18-21-24-27-30-33-34-35-38-41-44-47-50-57-62-66-80(85)97-76(70-91-78(83)64-59-54-48-45-42-39-36-31-28-25-22-19-16-13-10-7-2)72-95-99(87,88)93-68-75(82)69-94-100(89,90)96-73-77(71-92-79(84)65-60-55-52-51-53-58-63-74(4)5)98-81(86)67-61-56-49-46-43-40-37-32-29-26-23-20-17-14-11-8-3/h74-77,82H,6-73H2,1-5H3,(H,87,88)(H,89,90)/t75-,76-,77-/m1/s1. The number of unbranched alkanes of at least 4 members (excludes halogenated alkanes) is 53. The third-order valence-corrected chi connectivity index (χ3v) is 20.9. The zero-order valence-corrected chi connectivity index (χ0v) is 67.1. The van der Waals surface area contributed by atoms with Crippen LogP contribution in [0.5, 0.6) is 0 Å². The second-order valence-corrected chi connectivity index (χ2v) is 32.5. The van der Waals surface area contributed by atoms with Crippen LogP contribution in [0.1, 0.15) is 433 Å². The number of phosphoric acid groups is 2. The predicted octanol–water partition coefficient (Wildman–Crippen LogP) is 24.4. The minimum absolute atomic E-state index is 0.108. The molecule has 3 N–H and O–H groups in total. The Kier molecular flexibility index (Phi) is 72.5. The van der Waals surface area contributed by atoms with Gasteiger partial charge in [0.2, 0.25) is 0 Å². The van der Waals surface area contributed by atoms with E-state index in [1.165, 1.54) is 250 Å². The van der Waals surface area contributed by atoms with Crippen LogP contribution in [0.3, 0.4) is 0 Å². The average Bonchev–Trinajstić information content (AvgIpc) is 0.921. The van der Waals surface area contributed by atoms with Gasteiger partial charge in [-0.2, -0.15) is 0 Å². The largest absolute Gasteiger partial charge is 0.472 e. The molecule has 0 aromatic rings. The Labute approximate surface area is 613 Å². The Morgan fingerprint density at radius 2 is 0.460 bits per heavy atom. The summed E-state index contributed by atoms with van der Waals surface area (Å²) in [6.07, 6.45) is 65.4. The van der Waals surface area contributed by atoms with Crippen molar-refractivity contribution >= 4 is 39.5 Å². The fraction of sp³-hybridized carbons (Fsp3) is 0.951. The molecule has 0 saturated carbocycles. The molecule has 0 saturated heterocycles. The van der Waals surface area contributed by atoms with Gasteiger partial charge in [0.1, 0.15) is 19.3 Å². The molecule has 0 aliphatic carbocycles. The molecule has 17 nitrogen and oxygen atoms in total. The van der Waals surface area contributed by atoms with Crippen LogP contribution >= 0.6 is 15.6 Å². The van der Waals surface area contributed by atoms with Crippen molar-refractivity contribution in [2.75, 3.05) is 39.6 Å². The Morgan fingerprint density at radius 1 is 0.270 bits per heavy atom. The number of esters is 4. The van der Waals surface area contributed by atoms with Gasteiger partial charge in [0, 0.05) is 25.7 Å². The SMILES string of the molecule is CCCCCCCCCCCCCCCCCCCCCC(=O)O[C@H](COC(=O)CCCCCCCCCCCCCCCCCC)COP(=O)(O)OC[C@@H](O)COP(=O)(O)OC[C@@H](COC(=O)CCCCCCCCC(C)C)OC(=O)CCCCCCCCCCCCCCCCCC. The summed E-state index contributed by atoms with van der Waals surface area (Å²) in [5.41, 5.74) is 0. The van der Waals surface area contributed by atoms with Crippen molar-refractivity contribution in [1.29, 1.82) is 0 Å². The molecule has 19 heteroatoms. The van der Waals surface area contributed by atoms with Crippen LogP contribution in [0, 0.1) is 5.92 Å². The molecule has 0 fully saturated rings. The normalized spacial score (nSPS) is 13.8. The summed E-state index contributed by atoms with van der Waals surface area (Å²) in [5.74, 6) is -1.43. The van der Waals surface area contributed by atoms with Gasteiger partial charge in [0.05, 0.1) is 26.4 Å². The number of hydrogen-bond donors (Lipinski definition) is 3. The number of hydrogen-bond acceptors (Lipinski definition) is 15. The molecule has 100 heavy (non-hydrogen) atoms. The Hall–Kier alpha value is -1.94. The van der Waals surface area contributed by atoms with Crippen molar-refractivity contribution in [3.63, 3.8) is 0 Å². The molecule has 0 bridgehead atoms. The first-order chi connectivity index (χ1) is 48.5. The van der Waals surface area contributed by atoms with E-state index in [4.69, 9.17) is 37.0 Å². The third-order valence-electron chi connectivity index (χ3n) is 19.0. The predicted molar refractivity (Wildman–Crippen MR) is 409 cm³/mol. The maximum Gasteiger partial charge on any atom is 0.472 e. The summed E-state index contributed by atoms with van der Waals surface area (Å²) in [6, 6.07) is 0. The summed E-state index contributed by atoms with van der Waals surface area (Å²) in [6.45, 7) is 7.26. The van der Waals surface area contributed by atoms with Gasteiger partial charge in [-0.25, -0.2) is 9.13 Å². The number of carbonyl (C=O) groups excluding carboxylic acids is 4. The maximum absolute atomic E-state index is 13.1. The van der Waals surface area contributed by atoms with Gasteiger partial charge in [-0.15, -0.1) is 0 Å². The van der Waals surface area contributed by atoms with Gasteiger partial charge in [-0.05, 0) is 31.6 Å². The average molecular weight is 1470 g/mol. The molecule has 0 aromatic heterocycles. The Morgan fingerprint density at radius 3 is 0.680 bits per heavy atom. The molecule has 0 aliphatic rings. The first-order valence-electron chi connectivity index (χ1n) is 42.1. The lowest BCUT2D eigenvalue weighted by Gasteiger charge is -2.21. The summed E-state index contributed by atoms with van der Waals surface area (Å²) in [4.78, 5) is 73.0. The minimum atomic E-state index is -4.96. The number of ether oxygens (including phenoxy) is 4. The topological polar surface area (TPSA) is 237 Å². The van der Waals surface area contributed by atoms with Crippen LogP contribution in [-0.4, -0.2) is 96.7 Å². The van der Waals surface area contributed by atoms with Crippen molar-refractivity contribution in [1.82, 2.24) is 0 Å². The van der Waals surface area contributed by atoms with E-state index in [9.17, 15) is 43.2 Å². The summed E-state index contributed by atoms with van der Waals surface area (Å²) in [7, 11) is -9.92. The lowest BCUT2D eigenvalue weighted by molar-refractivity contribution is -0.161. The van der Waals surface area contributed by atoms with Gasteiger partial charge in [-0.1, -0.05) is 381 Å². The second kappa shape index (κ2) is 73.9. The number of rotatable bonds is 81. The summed E-state index contributed by atoms with van der Waals surface area (Å²) in [5, 5.41) is 10.6. The van der Waals surface area contributed by atoms with Crippen LogP contribution in [0.15, 0.2) is 0 Å². The molecule has 0 aromatic carbocycles. The van der Waals surface area contributed by atoms with Crippen LogP contribution in [0.25, 0.3) is 0 Å². The first kappa shape index (κ1) is 98.1. The molecule has 0 heterocycles. The number of aliphatic hydroxyl groups excluding tert-OH is 1. The molecule has 0 rings (SSSR count). The van der Waals surface area contributed by atoms with E-state index in [1.807, 2.05) is 0 Å². The van der Waals surface area contributed by atoms with Gasteiger partial charge in [0.25, 0.3) is 0 Å². The zero-order chi connectivity index (χ0) is 73.4. The molecule has 0 amide bonds. The van der Waals surface area contributed by atoms with Crippen molar-refractivity contribution in [2.45, 2.75) is 451 Å². The molecular formula is C81H158O17P2. The van der Waals surface area contributed by atoms with Crippen molar-refractivity contribution in [3.8, 4) is 0 Å². The first-order valence-corrected chi connectivity index (χ1v) is 45.1. The van der Waals surface area contributed by atoms with Crippen LogP contribution < -0.4 is 0 Å². The molecule has 0 spiro atoms. The Balaban J connectivity index is 5.22. The third kappa shape index (κ3) is 74.3. The monoisotopic (exact) mass is 1470 g/mol. The van der Waals surface area contributed by atoms with Crippen LogP contribution in [0.4, 0.5) is 0 Å². The summed E-state index contributed by atoms with van der Waals surface area (Å²) >= 11 is 0. The number of phosphoric ester groups is 2. The van der Waals surface area contributed by atoms with Gasteiger partial charge in [-0.3, -0.25) is 37.3 Å². The van der Waals surface area contributed by atoms with E-state index in [2.05, 4.69) is 34.6 Å². The van der Waals surface area contributed by atoms with E-state index in [-0.39, 0.29) is 25.7 Å². The molecule has 5 atom stereocenters.